The maximum absolute atomic E-state index is 11.9. The normalized spacial score (nSPS) is 20.6. The van der Waals surface area contributed by atoms with Crippen LogP contribution in [0.15, 0.2) is 22.7 Å². The lowest BCUT2D eigenvalue weighted by Gasteiger charge is -2.43. The second-order valence-corrected chi connectivity index (χ2v) is 7.95. The van der Waals surface area contributed by atoms with E-state index in [-0.39, 0.29) is 12.5 Å². The summed E-state index contributed by atoms with van der Waals surface area (Å²) in [5.74, 6) is -0.385. The van der Waals surface area contributed by atoms with Crippen LogP contribution >= 0.6 is 15.9 Å². The Labute approximate surface area is 114 Å². The van der Waals surface area contributed by atoms with Gasteiger partial charge in [-0.3, -0.25) is 4.79 Å². The molecule has 0 radical (unpaired) electrons. The third kappa shape index (κ3) is 1.73. The van der Waals surface area contributed by atoms with Crippen LogP contribution in [-0.2, 0) is 21.4 Å². The van der Waals surface area contributed by atoms with Gasteiger partial charge < -0.3 is 5.73 Å². The molecule has 1 aliphatic heterocycles. The lowest BCUT2D eigenvalue weighted by molar-refractivity contribution is -0.132. The zero-order valence-electron chi connectivity index (χ0n) is 9.97. The van der Waals surface area contributed by atoms with Crippen molar-refractivity contribution in [3.63, 3.8) is 0 Å². The van der Waals surface area contributed by atoms with Gasteiger partial charge in [-0.2, -0.15) is 0 Å². The van der Waals surface area contributed by atoms with Crippen LogP contribution in [0.4, 0.5) is 5.69 Å². The Kier molecular flexibility index (Phi) is 2.94. The molecular formula is C11H13BrN2O3S. The van der Waals surface area contributed by atoms with Crippen LogP contribution < -0.4 is 5.73 Å². The Bertz CT molecular complexity index is 625. The topological polar surface area (TPSA) is 80.5 Å². The number of nitrogens with zero attached hydrogens (tertiary/aromatic N) is 1. The predicted molar refractivity (Wildman–Crippen MR) is 72.1 cm³/mol. The number of amides is 1. The van der Waals surface area contributed by atoms with Crippen molar-refractivity contribution in [2.75, 3.05) is 5.73 Å². The van der Waals surface area contributed by atoms with Crippen molar-refractivity contribution >= 4 is 37.5 Å². The number of anilines is 1. The third-order valence-electron chi connectivity index (χ3n) is 3.06. The minimum atomic E-state index is -3.54. The van der Waals surface area contributed by atoms with Gasteiger partial charge in [-0.05, 0) is 47.5 Å². The highest BCUT2D eigenvalue weighted by Gasteiger charge is 2.59. The predicted octanol–water partition coefficient (Wildman–Crippen LogP) is 1.48. The van der Waals surface area contributed by atoms with Crippen molar-refractivity contribution < 1.29 is 13.2 Å². The van der Waals surface area contributed by atoms with Crippen LogP contribution in [0.1, 0.15) is 19.4 Å². The van der Waals surface area contributed by atoms with E-state index in [1.807, 2.05) is 0 Å². The van der Waals surface area contributed by atoms with E-state index in [9.17, 15) is 13.2 Å². The van der Waals surface area contributed by atoms with E-state index in [0.29, 0.717) is 11.3 Å². The summed E-state index contributed by atoms with van der Waals surface area (Å²) in [4.78, 5) is 11.8. The summed E-state index contributed by atoms with van der Waals surface area (Å²) in [6, 6.07) is 5.11. The first-order chi connectivity index (χ1) is 8.18. The van der Waals surface area contributed by atoms with Gasteiger partial charge in [0.05, 0.1) is 6.54 Å². The minimum Gasteiger partial charge on any atom is -0.398 e. The van der Waals surface area contributed by atoms with Gasteiger partial charge in [-0.25, -0.2) is 12.7 Å². The van der Waals surface area contributed by atoms with Crippen molar-refractivity contribution in [2.45, 2.75) is 25.1 Å². The highest BCUT2D eigenvalue weighted by atomic mass is 79.9. The Morgan fingerprint density at radius 1 is 1.39 bits per heavy atom. The SMILES string of the molecule is CC1(C)C(=O)N(Cc2ccc(Br)c(N)c2)S1(=O)=O. The quantitative estimate of drug-likeness (QED) is 0.832. The van der Waals surface area contributed by atoms with E-state index in [4.69, 9.17) is 5.73 Å². The lowest BCUT2D eigenvalue weighted by Crippen LogP contribution is -2.66. The van der Waals surface area contributed by atoms with Crippen molar-refractivity contribution in [1.82, 2.24) is 4.31 Å². The summed E-state index contributed by atoms with van der Waals surface area (Å²) in [7, 11) is -3.54. The molecule has 7 heteroatoms. The Balaban J connectivity index is 2.27. The molecule has 0 spiro atoms. The summed E-state index contributed by atoms with van der Waals surface area (Å²) >= 11 is 3.26. The Morgan fingerprint density at radius 2 is 2.00 bits per heavy atom. The smallest absolute Gasteiger partial charge is 0.259 e. The van der Waals surface area contributed by atoms with Gasteiger partial charge in [-0.15, -0.1) is 0 Å². The lowest BCUT2D eigenvalue weighted by atomic mass is 10.1. The summed E-state index contributed by atoms with van der Waals surface area (Å²) in [5, 5.41) is 0. The van der Waals surface area contributed by atoms with Gasteiger partial charge >= 0.3 is 0 Å². The number of hydrogen-bond acceptors (Lipinski definition) is 4. The van der Waals surface area contributed by atoms with Crippen molar-refractivity contribution in [3.8, 4) is 0 Å². The first kappa shape index (κ1) is 13.4. The second-order valence-electron chi connectivity index (χ2n) is 4.68. The van der Waals surface area contributed by atoms with Gasteiger partial charge in [0.1, 0.15) is 0 Å². The third-order valence-corrected chi connectivity index (χ3v) is 6.12. The first-order valence-corrected chi connectivity index (χ1v) is 7.52. The average molecular weight is 333 g/mol. The van der Waals surface area contributed by atoms with Crippen molar-refractivity contribution in [2.24, 2.45) is 0 Å². The maximum atomic E-state index is 11.9. The number of hydrogen-bond donors (Lipinski definition) is 1. The molecule has 1 heterocycles. The van der Waals surface area contributed by atoms with E-state index in [0.717, 1.165) is 8.78 Å². The number of sulfonamides is 1. The summed E-state index contributed by atoms with van der Waals surface area (Å²) in [5.41, 5.74) is 6.91. The van der Waals surface area contributed by atoms with Crippen molar-refractivity contribution in [3.05, 3.63) is 28.2 Å². The minimum absolute atomic E-state index is 0.0298. The van der Waals surface area contributed by atoms with E-state index < -0.39 is 14.8 Å². The molecule has 0 saturated carbocycles. The number of carbonyl (C=O) groups excluding carboxylic acids is 1. The molecule has 0 aliphatic carbocycles. The molecule has 1 aromatic rings. The number of nitrogen functional groups attached to an aromatic ring is 1. The average Bonchev–Trinajstić information content (AvgIpc) is 2.29. The largest absolute Gasteiger partial charge is 0.398 e. The van der Waals surface area contributed by atoms with Gasteiger partial charge in [-0.1, -0.05) is 6.07 Å². The number of nitrogens with two attached hydrogens (primary N) is 1. The monoisotopic (exact) mass is 332 g/mol. The molecule has 0 bridgehead atoms. The Morgan fingerprint density at radius 3 is 2.50 bits per heavy atom. The summed E-state index contributed by atoms with van der Waals surface area (Å²) in [6.45, 7) is 2.86. The molecule has 2 N–H and O–H groups in total. The molecule has 98 valence electrons. The van der Waals surface area contributed by atoms with E-state index >= 15 is 0 Å². The standard InChI is InChI=1S/C11H13BrN2O3S/c1-11(2)10(15)14(18(11,16)17)6-7-3-4-8(12)9(13)5-7/h3-5H,6,13H2,1-2H3. The van der Waals surface area contributed by atoms with Gasteiger partial charge in [0.15, 0.2) is 4.75 Å². The molecule has 0 atom stereocenters. The highest BCUT2D eigenvalue weighted by Crippen LogP contribution is 2.36. The molecule has 1 aromatic carbocycles. The second kappa shape index (κ2) is 3.96. The molecule has 5 nitrogen and oxygen atoms in total. The van der Waals surface area contributed by atoms with E-state index in [1.54, 1.807) is 18.2 Å². The van der Waals surface area contributed by atoms with Gasteiger partial charge in [0, 0.05) is 10.2 Å². The zero-order valence-corrected chi connectivity index (χ0v) is 12.4. The fourth-order valence-corrected chi connectivity index (χ4v) is 3.53. The van der Waals surface area contributed by atoms with Crippen LogP contribution in [0.5, 0.6) is 0 Å². The molecule has 1 saturated heterocycles. The van der Waals surface area contributed by atoms with Crippen LogP contribution in [0, 0.1) is 0 Å². The molecule has 0 unspecified atom stereocenters. The molecule has 1 fully saturated rings. The highest BCUT2D eigenvalue weighted by molar-refractivity contribution is 9.10. The van der Waals surface area contributed by atoms with Crippen molar-refractivity contribution in [1.29, 1.82) is 0 Å². The summed E-state index contributed by atoms with van der Waals surface area (Å²) < 4.78 is 24.1. The first-order valence-electron chi connectivity index (χ1n) is 5.28. The molecule has 1 amide bonds. The fourth-order valence-electron chi connectivity index (χ4n) is 1.77. The van der Waals surface area contributed by atoms with Gasteiger partial charge in [0.2, 0.25) is 0 Å². The fraction of sp³-hybridized carbons (Fsp3) is 0.364. The molecule has 18 heavy (non-hydrogen) atoms. The van der Waals surface area contributed by atoms with Crippen LogP contribution in [0.25, 0.3) is 0 Å². The molecule has 0 aromatic heterocycles. The van der Waals surface area contributed by atoms with Crippen LogP contribution in [-0.4, -0.2) is 23.4 Å². The van der Waals surface area contributed by atoms with E-state index in [2.05, 4.69) is 15.9 Å². The maximum Gasteiger partial charge on any atom is 0.259 e. The number of rotatable bonds is 2. The molecule has 1 aliphatic rings. The molecule has 2 rings (SSSR count). The summed E-state index contributed by atoms with van der Waals surface area (Å²) in [6.07, 6.45) is 0. The van der Waals surface area contributed by atoms with Gasteiger partial charge in [0.25, 0.3) is 15.9 Å². The number of carbonyl (C=O) groups is 1. The van der Waals surface area contributed by atoms with E-state index in [1.165, 1.54) is 13.8 Å². The van der Waals surface area contributed by atoms with Crippen LogP contribution in [0.2, 0.25) is 0 Å². The number of halogens is 1. The number of benzene rings is 1. The Hall–Kier alpha value is -1.08. The zero-order chi connectivity index (χ0) is 13.7. The van der Waals surface area contributed by atoms with Crippen LogP contribution in [0.3, 0.4) is 0 Å². The molecular weight excluding hydrogens is 320 g/mol.